The highest BCUT2D eigenvalue weighted by Crippen LogP contribution is 2.54. The number of nitrogens with zero attached hydrogens (tertiary/aromatic N) is 1. The van der Waals surface area contributed by atoms with Gasteiger partial charge in [-0.15, -0.1) is 0 Å². The van der Waals surface area contributed by atoms with Gasteiger partial charge in [-0.2, -0.15) is 0 Å². The number of carbonyl (C=O) groups excluding carboxylic acids is 3. The third kappa shape index (κ3) is 2.54. The zero-order valence-electron chi connectivity index (χ0n) is 17.8. The highest BCUT2D eigenvalue weighted by molar-refractivity contribution is 6.25. The summed E-state index contributed by atoms with van der Waals surface area (Å²) in [6.07, 6.45) is -1.23. The van der Waals surface area contributed by atoms with Crippen molar-refractivity contribution in [1.82, 2.24) is 10.2 Å². The van der Waals surface area contributed by atoms with Crippen LogP contribution in [0.1, 0.15) is 28.4 Å². The summed E-state index contributed by atoms with van der Waals surface area (Å²) in [4.78, 5) is 40.5. The van der Waals surface area contributed by atoms with Crippen LogP contribution in [0.25, 0.3) is 0 Å². The summed E-state index contributed by atoms with van der Waals surface area (Å²) in [5.74, 6) is -6.12. The zero-order valence-corrected chi connectivity index (χ0v) is 17.8. The number of phenolic OH excluding ortho intramolecular Hbond substituents is 1. The number of fused-ring (bicyclic) bond motifs is 3. The van der Waals surface area contributed by atoms with E-state index in [9.17, 15) is 34.8 Å². The van der Waals surface area contributed by atoms with Crippen LogP contribution in [0.3, 0.4) is 0 Å². The van der Waals surface area contributed by atoms with Crippen molar-refractivity contribution < 1.29 is 34.8 Å². The molecule has 5 unspecified atom stereocenters. The molecule has 1 amide bonds. The third-order valence-corrected chi connectivity index (χ3v) is 7.01. The molecular formula is C22H25N3O7. The molecule has 10 heteroatoms. The summed E-state index contributed by atoms with van der Waals surface area (Å²) in [5.41, 5.74) is 2.65. The molecule has 5 atom stereocenters. The van der Waals surface area contributed by atoms with Gasteiger partial charge in [-0.3, -0.25) is 19.3 Å². The van der Waals surface area contributed by atoms with Crippen LogP contribution in [-0.4, -0.2) is 75.5 Å². The lowest BCUT2D eigenvalue weighted by Gasteiger charge is -2.53. The molecule has 3 aliphatic rings. The molecule has 0 radical (unpaired) electrons. The number of phenols is 1. The van der Waals surface area contributed by atoms with E-state index in [1.165, 1.54) is 25.2 Å². The molecule has 0 aromatic heterocycles. The van der Waals surface area contributed by atoms with E-state index in [-0.39, 0.29) is 28.9 Å². The van der Waals surface area contributed by atoms with E-state index >= 15 is 0 Å². The van der Waals surface area contributed by atoms with Crippen molar-refractivity contribution in [2.45, 2.75) is 24.1 Å². The Morgan fingerprint density at radius 3 is 2.44 bits per heavy atom. The minimum Gasteiger partial charge on any atom is -0.510 e. The molecule has 0 fully saturated rings. The number of carbonyl (C=O) groups is 3. The summed E-state index contributed by atoms with van der Waals surface area (Å²) >= 11 is 0. The standard InChI is InChI=1S/C22H25N3O7/c1-24-22-10(15(25(2)3)18(29)14(20(22)31)21(23)32)7-9-13(19(22)30)17(28)12-8(16(9)27)5-4-6-11(12)26/h4-6,9-10,15-16,24,26-27,29-30H,7H2,1-3H3,(H2,23,32). The summed E-state index contributed by atoms with van der Waals surface area (Å²) in [6, 6.07) is 3.39. The molecule has 10 nitrogen and oxygen atoms in total. The number of hydrogen-bond acceptors (Lipinski definition) is 9. The zero-order chi connectivity index (χ0) is 23.7. The molecule has 0 saturated heterocycles. The molecule has 170 valence electrons. The Kier molecular flexibility index (Phi) is 4.92. The van der Waals surface area contributed by atoms with Crippen LogP contribution < -0.4 is 11.1 Å². The van der Waals surface area contributed by atoms with Crippen molar-refractivity contribution in [3.8, 4) is 5.75 Å². The molecule has 32 heavy (non-hydrogen) atoms. The Labute approximate surface area is 183 Å². The van der Waals surface area contributed by atoms with Crippen LogP contribution in [0.5, 0.6) is 5.75 Å². The fourth-order valence-electron chi connectivity index (χ4n) is 5.65. The average molecular weight is 443 g/mol. The van der Waals surface area contributed by atoms with Gasteiger partial charge in [0, 0.05) is 17.4 Å². The van der Waals surface area contributed by atoms with Crippen LogP contribution in [-0.2, 0) is 9.59 Å². The van der Waals surface area contributed by atoms with Crippen LogP contribution in [0.2, 0.25) is 0 Å². The number of rotatable bonds is 3. The lowest BCUT2D eigenvalue weighted by molar-refractivity contribution is -0.131. The van der Waals surface area contributed by atoms with Gasteiger partial charge in [0.15, 0.2) is 11.6 Å². The van der Waals surface area contributed by atoms with E-state index in [2.05, 4.69) is 5.32 Å². The number of amides is 1. The fraction of sp³-hybridized carbons (Fsp3) is 0.409. The number of aliphatic hydroxyl groups excluding tert-OH is 3. The minimum atomic E-state index is -1.94. The van der Waals surface area contributed by atoms with Gasteiger partial charge in [-0.05, 0) is 39.2 Å². The van der Waals surface area contributed by atoms with Gasteiger partial charge in [0.1, 0.15) is 28.4 Å². The van der Waals surface area contributed by atoms with Crippen molar-refractivity contribution in [2.75, 3.05) is 21.1 Å². The number of aromatic hydroxyl groups is 1. The second kappa shape index (κ2) is 7.16. The molecule has 1 aromatic carbocycles. The maximum atomic E-state index is 13.5. The highest BCUT2D eigenvalue weighted by Gasteiger charge is 2.64. The molecule has 1 aromatic rings. The molecular weight excluding hydrogens is 418 g/mol. The predicted molar refractivity (Wildman–Crippen MR) is 112 cm³/mol. The number of likely N-dealkylation sites (N-methyl/N-ethyl adjacent to an activating group) is 2. The fourth-order valence-corrected chi connectivity index (χ4v) is 5.65. The minimum absolute atomic E-state index is 0.0208. The number of hydrogen-bond donors (Lipinski definition) is 6. The first-order chi connectivity index (χ1) is 15.0. The maximum absolute atomic E-state index is 13.5. The average Bonchev–Trinajstić information content (AvgIpc) is 2.71. The molecule has 0 bridgehead atoms. The van der Waals surface area contributed by atoms with Crippen LogP contribution in [0.4, 0.5) is 0 Å². The van der Waals surface area contributed by atoms with Crippen LogP contribution in [0, 0.1) is 11.8 Å². The van der Waals surface area contributed by atoms with Gasteiger partial charge in [0.25, 0.3) is 5.91 Å². The second-order valence-corrected chi connectivity index (χ2v) is 8.65. The number of Topliss-reactive ketones (excluding diaryl/α,β-unsaturated/α-hetero) is 2. The number of benzene rings is 1. The summed E-state index contributed by atoms with van der Waals surface area (Å²) in [7, 11) is 4.65. The first kappa shape index (κ1) is 22.0. The summed E-state index contributed by atoms with van der Waals surface area (Å²) in [5, 5.41) is 46.4. The number of ketones is 2. The largest absolute Gasteiger partial charge is 0.510 e. The lowest BCUT2D eigenvalue weighted by atomic mass is 9.56. The Bertz CT molecular complexity index is 1120. The monoisotopic (exact) mass is 443 g/mol. The van der Waals surface area contributed by atoms with Gasteiger partial charge in [0.2, 0.25) is 0 Å². The molecule has 0 aliphatic heterocycles. The van der Waals surface area contributed by atoms with Gasteiger partial charge < -0.3 is 31.5 Å². The third-order valence-electron chi connectivity index (χ3n) is 7.01. The van der Waals surface area contributed by atoms with Gasteiger partial charge in [-0.1, -0.05) is 12.1 Å². The Morgan fingerprint density at radius 2 is 1.88 bits per heavy atom. The van der Waals surface area contributed by atoms with Crippen molar-refractivity contribution in [2.24, 2.45) is 17.6 Å². The molecule has 7 N–H and O–H groups in total. The molecule has 4 rings (SSSR count). The van der Waals surface area contributed by atoms with Gasteiger partial charge >= 0.3 is 0 Å². The first-order valence-corrected chi connectivity index (χ1v) is 10.1. The van der Waals surface area contributed by atoms with E-state index in [1.54, 1.807) is 19.0 Å². The molecule has 0 spiro atoms. The van der Waals surface area contributed by atoms with E-state index in [1.807, 2.05) is 0 Å². The quantitative estimate of drug-likeness (QED) is 0.347. The normalized spacial score (nSPS) is 32.0. The van der Waals surface area contributed by atoms with E-state index in [4.69, 9.17) is 5.73 Å². The number of aliphatic hydroxyl groups is 3. The number of nitrogens with two attached hydrogens (primary N) is 1. The topological polar surface area (TPSA) is 173 Å². The lowest BCUT2D eigenvalue weighted by Crippen LogP contribution is -2.69. The maximum Gasteiger partial charge on any atom is 0.255 e. The second-order valence-electron chi connectivity index (χ2n) is 8.65. The Balaban J connectivity index is 2.04. The van der Waals surface area contributed by atoms with E-state index < -0.39 is 64.1 Å². The van der Waals surface area contributed by atoms with Gasteiger partial charge in [-0.25, -0.2) is 0 Å². The van der Waals surface area contributed by atoms with Crippen molar-refractivity contribution in [3.05, 3.63) is 52.0 Å². The highest BCUT2D eigenvalue weighted by atomic mass is 16.3. The van der Waals surface area contributed by atoms with Crippen molar-refractivity contribution in [1.29, 1.82) is 0 Å². The molecule has 0 heterocycles. The molecule has 3 aliphatic carbocycles. The van der Waals surface area contributed by atoms with Crippen molar-refractivity contribution >= 4 is 17.5 Å². The van der Waals surface area contributed by atoms with Gasteiger partial charge in [0.05, 0.1) is 17.7 Å². The first-order valence-electron chi connectivity index (χ1n) is 10.1. The summed E-state index contributed by atoms with van der Waals surface area (Å²) < 4.78 is 0. The molecule has 0 saturated carbocycles. The Hall–Kier alpha value is -3.21. The smallest absolute Gasteiger partial charge is 0.255 e. The van der Waals surface area contributed by atoms with E-state index in [0.29, 0.717) is 0 Å². The van der Waals surface area contributed by atoms with Crippen molar-refractivity contribution in [3.63, 3.8) is 0 Å². The Morgan fingerprint density at radius 1 is 1.22 bits per heavy atom. The number of nitrogens with one attached hydrogen (secondary N) is 1. The van der Waals surface area contributed by atoms with E-state index in [0.717, 1.165) is 0 Å². The van der Waals surface area contributed by atoms with Crippen LogP contribution >= 0.6 is 0 Å². The summed E-state index contributed by atoms with van der Waals surface area (Å²) in [6.45, 7) is 0. The van der Waals surface area contributed by atoms with Crippen LogP contribution in [0.15, 0.2) is 40.9 Å². The number of primary amides is 1. The predicted octanol–water partition coefficient (Wildman–Crippen LogP) is -0.161. The SMILES string of the molecule is CNC12C(=O)C(C(N)=O)=C(O)C(N(C)C)C1CC1C(=C2O)C(=O)c2c(O)cccc2C1O.